The van der Waals surface area contributed by atoms with Gasteiger partial charge in [-0.2, -0.15) is 11.8 Å². The molecule has 0 aliphatic rings. The van der Waals surface area contributed by atoms with Crippen LogP contribution in [0.1, 0.15) is 33.3 Å². The van der Waals surface area contributed by atoms with E-state index in [2.05, 4.69) is 54.0 Å². The fourth-order valence-electron chi connectivity index (χ4n) is 1.93. The first-order valence-electron chi connectivity index (χ1n) is 8.36. The number of halogens is 1. The number of hydrogen-bond acceptors (Lipinski definition) is 3. The van der Waals surface area contributed by atoms with Gasteiger partial charge in [-0.05, 0) is 51.1 Å². The Kier molecular flexibility index (Phi) is 11.9. The number of benzene rings is 1. The second-order valence-corrected chi connectivity index (χ2v) is 7.63. The van der Waals surface area contributed by atoms with Gasteiger partial charge < -0.3 is 16.0 Å². The standard InChI is InChI=1S/C18H30N4OS.HI/c1-6-14-9-8-10-15(11-14)22-16(23)12-20-17(19-7-2)21-13-18(3,4)24-5;/h8-11H,6-7,12-13H2,1-5H3,(H,22,23)(H2,19,20,21);1H. The molecule has 0 aliphatic heterocycles. The van der Waals surface area contributed by atoms with Crippen LogP contribution in [0.15, 0.2) is 29.3 Å². The molecule has 1 aromatic rings. The summed E-state index contributed by atoms with van der Waals surface area (Å²) in [4.78, 5) is 16.5. The van der Waals surface area contributed by atoms with Crippen LogP contribution >= 0.6 is 35.7 Å². The smallest absolute Gasteiger partial charge is 0.246 e. The molecule has 0 heterocycles. The van der Waals surface area contributed by atoms with Gasteiger partial charge in [-0.25, -0.2) is 4.99 Å². The zero-order chi connectivity index (χ0) is 18.0. The molecule has 0 atom stereocenters. The maximum atomic E-state index is 12.1. The molecule has 0 aliphatic carbocycles. The Morgan fingerprint density at radius 1 is 1.24 bits per heavy atom. The number of nitrogens with zero attached hydrogens (tertiary/aromatic N) is 1. The first-order chi connectivity index (χ1) is 11.4. The van der Waals surface area contributed by atoms with Crippen molar-refractivity contribution >= 4 is 53.3 Å². The Morgan fingerprint density at radius 2 is 1.96 bits per heavy atom. The Morgan fingerprint density at radius 3 is 2.56 bits per heavy atom. The van der Waals surface area contributed by atoms with Crippen molar-refractivity contribution in [2.75, 3.05) is 31.2 Å². The highest BCUT2D eigenvalue weighted by Gasteiger charge is 2.16. The molecule has 0 saturated heterocycles. The second kappa shape index (κ2) is 12.4. The van der Waals surface area contributed by atoms with Crippen molar-refractivity contribution in [1.82, 2.24) is 10.6 Å². The predicted molar refractivity (Wildman–Crippen MR) is 121 cm³/mol. The lowest BCUT2D eigenvalue weighted by Crippen LogP contribution is -2.43. The maximum Gasteiger partial charge on any atom is 0.246 e. The van der Waals surface area contributed by atoms with Crippen LogP contribution in [0, 0.1) is 0 Å². The number of anilines is 1. The number of amides is 1. The van der Waals surface area contributed by atoms with Crippen LogP contribution in [0.4, 0.5) is 5.69 Å². The largest absolute Gasteiger partial charge is 0.357 e. The van der Waals surface area contributed by atoms with Crippen molar-refractivity contribution in [2.24, 2.45) is 4.99 Å². The number of thioether (sulfide) groups is 1. The molecule has 5 nitrogen and oxygen atoms in total. The van der Waals surface area contributed by atoms with Crippen LogP contribution in [-0.4, -0.2) is 42.5 Å². The number of aliphatic imine (C=N–C) groups is 1. The molecule has 1 rings (SSSR count). The minimum absolute atomic E-state index is 0. The van der Waals surface area contributed by atoms with Crippen molar-refractivity contribution in [3.05, 3.63) is 29.8 Å². The quantitative estimate of drug-likeness (QED) is 0.304. The van der Waals surface area contributed by atoms with Gasteiger partial charge in [0.2, 0.25) is 5.91 Å². The molecule has 0 aromatic heterocycles. The normalized spacial score (nSPS) is 11.5. The number of carbonyl (C=O) groups excluding carboxylic acids is 1. The molecule has 0 radical (unpaired) electrons. The van der Waals surface area contributed by atoms with E-state index in [0.29, 0.717) is 5.96 Å². The molecule has 3 N–H and O–H groups in total. The topological polar surface area (TPSA) is 65.5 Å². The average molecular weight is 478 g/mol. The van der Waals surface area contributed by atoms with E-state index in [1.807, 2.05) is 25.1 Å². The summed E-state index contributed by atoms with van der Waals surface area (Å²) >= 11 is 1.79. The Balaban J connectivity index is 0.00000576. The molecule has 0 unspecified atom stereocenters. The van der Waals surface area contributed by atoms with Gasteiger partial charge >= 0.3 is 0 Å². The van der Waals surface area contributed by atoms with Crippen LogP contribution in [0.2, 0.25) is 0 Å². The molecule has 25 heavy (non-hydrogen) atoms. The molecule has 142 valence electrons. The lowest BCUT2D eigenvalue weighted by atomic mass is 10.1. The van der Waals surface area contributed by atoms with Gasteiger partial charge in [-0.15, -0.1) is 24.0 Å². The third-order valence-corrected chi connectivity index (χ3v) is 4.83. The third kappa shape index (κ3) is 9.94. The summed E-state index contributed by atoms with van der Waals surface area (Å²) in [6.07, 6.45) is 3.03. The van der Waals surface area contributed by atoms with Gasteiger partial charge in [0.25, 0.3) is 0 Å². The summed E-state index contributed by atoms with van der Waals surface area (Å²) in [7, 11) is 0. The van der Waals surface area contributed by atoms with Crippen LogP contribution in [0.3, 0.4) is 0 Å². The molecule has 1 aromatic carbocycles. The molecule has 7 heteroatoms. The maximum absolute atomic E-state index is 12.1. The summed E-state index contributed by atoms with van der Waals surface area (Å²) in [5, 5.41) is 9.35. The van der Waals surface area contributed by atoms with E-state index in [1.165, 1.54) is 5.56 Å². The second-order valence-electron chi connectivity index (χ2n) is 6.11. The molecule has 1 amide bonds. The number of aryl methyl sites for hydroxylation is 1. The summed E-state index contributed by atoms with van der Waals surface area (Å²) in [5.41, 5.74) is 2.02. The van der Waals surface area contributed by atoms with Crippen LogP contribution in [0.5, 0.6) is 0 Å². The van der Waals surface area contributed by atoms with E-state index < -0.39 is 0 Å². The first-order valence-corrected chi connectivity index (χ1v) is 9.58. The summed E-state index contributed by atoms with van der Waals surface area (Å²) in [6, 6.07) is 7.89. The number of guanidine groups is 1. The van der Waals surface area contributed by atoms with Gasteiger partial charge in [0, 0.05) is 23.5 Å². The molecule has 0 bridgehead atoms. The highest BCUT2D eigenvalue weighted by molar-refractivity contribution is 14.0. The van der Waals surface area contributed by atoms with Crippen LogP contribution < -0.4 is 16.0 Å². The van der Waals surface area contributed by atoms with E-state index in [1.54, 1.807) is 11.8 Å². The zero-order valence-corrected chi connectivity index (χ0v) is 19.0. The van der Waals surface area contributed by atoms with Crippen LogP contribution in [0.25, 0.3) is 0 Å². The minimum atomic E-state index is -0.121. The molecule has 0 fully saturated rings. The van der Waals surface area contributed by atoms with Gasteiger partial charge in [0.05, 0.1) is 0 Å². The first kappa shape index (κ1) is 24.0. The Bertz CT molecular complexity index is 564. The van der Waals surface area contributed by atoms with Crippen molar-refractivity contribution < 1.29 is 4.79 Å². The fourth-order valence-corrected chi connectivity index (χ4v) is 2.15. The van der Waals surface area contributed by atoms with E-state index in [9.17, 15) is 4.79 Å². The van der Waals surface area contributed by atoms with Crippen molar-refractivity contribution in [1.29, 1.82) is 0 Å². The van der Waals surface area contributed by atoms with E-state index in [0.717, 1.165) is 25.2 Å². The van der Waals surface area contributed by atoms with Gasteiger partial charge in [-0.1, -0.05) is 19.1 Å². The minimum Gasteiger partial charge on any atom is -0.357 e. The average Bonchev–Trinajstić information content (AvgIpc) is 2.57. The van der Waals surface area contributed by atoms with Crippen molar-refractivity contribution in [3.63, 3.8) is 0 Å². The predicted octanol–water partition coefficient (Wildman–Crippen LogP) is 3.50. The van der Waals surface area contributed by atoms with Gasteiger partial charge in [-0.3, -0.25) is 4.79 Å². The molecule has 0 spiro atoms. The highest BCUT2D eigenvalue weighted by Crippen LogP contribution is 2.19. The summed E-state index contributed by atoms with van der Waals surface area (Å²) in [6.45, 7) is 10.1. The van der Waals surface area contributed by atoms with Crippen molar-refractivity contribution in [2.45, 2.75) is 38.9 Å². The molecule has 0 saturated carbocycles. The highest BCUT2D eigenvalue weighted by atomic mass is 127. The lowest BCUT2D eigenvalue weighted by Gasteiger charge is -2.23. The molecular formula is C18H31IN4OS. The zero-order valence-electron chi connectivity index (χ0n) is 15.8. The number of hydrogen-bond donors (Lipinski definition) is 3. The fraction of sp³-hybridized carbons (Fsp3) is 0.556. The number of carbonyl (C=O) groups is 1. The monoisotopic (exact) mass is 478 g/mol. The Hall–Kier alpha value is -0.960. The van der Waals surface area contributed by atoms with Gasteiger partial charge in [0.1, 0.15) is 6.54 Å². The number of nitrogens with one attached hydrogen (secondary N) is 3. The molecular weight excluding hydrogens is 447 g/mol. The number of rotatable bonds is 8. The van der Waals surface area contributed by atoms with Gasteiger partial charge in [0.15, 0.2) is 5.96 Å². The summed E-state index contributed by atoms with van der Waals surface area (Å²) in [5.74, 6) is 0.543. The third-order valence-electron chi connectivity index (χ3n) is 3.58. The van der Waals surface area contributed by atoms with E-state index in [-0.39, 0.29) is 41.2 Å². The van der Waals surface area contributed by atoms with Crippen molar-refractivity contribution in [3.8, 4) is 0 Å². The Labute approximate surface area is 173 Å². The summed E-state index contributed by atoms with van der Waals surface area (Å²) < 4.78 is 0.110. The SMILES string of the molecule is CCNC(=NCC(=O)Nc1cccc(CC)c1)NCC(C)(C)SC.I. The van der Waals surface area contributed by atoms with E-state index >= 15 is 0 Å². The van der Waals surface area contributed by atoms with E-state index in [4.69, 9.17) is 0 Å². The lowest BCUT2D eigenvalue weighted by molar-refractivity contribution is -0.114. The van der Waals surface area contributed by atoms with Crippen LogP contribution in [-0.2, 0) is 11.2 Å².